The molecule has 3 atom stereocenters. The summed E-state index contributed by atoms with van der Waals surface area (Å²) in [6.07, 6.45) is 1.83. The van der Waals surface area contributed by atoms with E-state index in [1.54, 1.807) is 5.51 Å². The number of carboxylic acids is 1. The van der Waals surface area contributed by atoms with Crippen LogP contribution in [0.25, 0.3) is 0 Å². The largest absolute Gasteiger partial charge is 0.477 e. The second kappa shape index (κ2) is 11.2. The summed E-state index contributed by atoms with van der Waals surface area (Å²) in [5, 5.41) is 19.7. The first-order valence-corrected chi connectivity index (χ1v) is 15.3. The molecule has 0 aromatic carbocycles. The van der Waals surface area contributed by atoms with Gasteiger partial charge >= 0.3 is 5.97 Å². The molecular formula is C17H19N7O5S5. The number of nitrogens with one attached hydrogen (secondary N) is 3. The number of aliphatic carboxylic acids is 1. The lowest BCUT2D eigenvalue weighted by Gasteiger charge is -2.49. The molecule has 34 heavy (non-hydrogen) atoms. The minimum atomic E-state index is -1.19. The lowest BCUT2D eigenvalue weighted by atomic mass is 10.0. The first-order chi connectivity index (χ1) is 16.4. The molecule has 12 nitrogen and oxygen atoms in total. The van der Waals surface area contributed by atoms with Crippen molar-refractivity contribution >= 4 is 80.6 Å². The second-order valence-electron chi connectivity index (χ2n) is 6.89. The zero-order valence-electron chi connectivity index (χ0n) is 17.5. The first kappa shape index (κ1) is 25.2. The highest BCUT2D eigenvalue weighted by molar-refractivity contribution is 8.02. The van der Waals surface area contributed by atoms with Gasteiger partial charge in [-0.2, -0.15) is 0 Å². The van der Waals surface area contributed by atoms with Crippen molar-refractivity contribution in [3.05, 3.63) is 28.2 Å². The van der Waals surface area contributed by atoms with Crippen molar-refractivity contribution in [2.45, 2.75) is 15.8 Å². The third kappa shape index (κ3) is 5.33. The molecule has 17 heteroatoms. The van der Waals surface area contributed by atoms with Crippen LogP contribution in [0.1, 0.15) is 0 Å². The average molecular weight is 562 g/mol. The number of nitrogens with zero attached hydrogens (tertiary/aromatic N) is 4. The molecule has 182 valence electrons. The molecule has 0 bridgehead atoms. The Morgan fingerprint density at radius 1 is 1.47 bits per heavy atom. The maximum Gasteiger partial charge on any atom is 0.352 e. The Labute approximate surface area is 213 Å². The molecule has 0 spiro atoms. The van der Waals surface area contributed by atoms with E-state index < -0.39 is 39.9 Å². The number of aromatic nitrogens is 2. The summed E-state index contributed by atoms with van der Waals surface area (Å²) in [6.45, 7) is 0. The number of β-lactam (4-membered cyclic amide) rings is 1. The number of hydroxylamine groups is 1. The van der Waals surface area contributed by atoms with Crippen molar-refractivity contribution in [3.8, 4) is 0 Å². The molecule has 2 unspecified atom stereocenters. The van der Waals surface area contributed by atoms with E-state index in [1.165, 1.54) is 57.1 Å². The number of rotatable bonds is 10. The van der Waals surface area contributed by atoms with Crippen LogP contribution in [0.5, 0.6) is 0 Å². The molecule has 4 N–H and O–H groups in total. The van der Waals surface area contributed by atoms with Gasteiger partial charge in [-0.1, -0.05) is 33.8 Å². The Morgan fingerprint density at radius 2 is 2.29 bits per heavy atom. The van der Waals surface area contributed by atoms with Gasteiger partial charge in [0.25, 0.3) is 11.8 Å². The Morgan fingerprint density at radius 3 is 2.94 bits per heavy atom. The number of carbonyl (C=O) groups is 3. The highest BCUT2D eigenvalue weighted by atomic mass is 32.2. The van der Waals surface area contributed by atoms with Crippen LogP contribution in [0.3, 0.4) is 0 Å². The average Bonchev–Trinajstić information content (AvgIpc) is 3.49. The van der Waals surface area contributed by atoms with E-state index in [-0.39, 0.29) is 23.1 Å². The number of carbonyl (C=O) groups excluding carboxylic acids is 2. The van der Waals surface area contributed by atoms with Crippen LogP contribution in [0.2, 0.25) is 0 Å². The summed E-state index contributed by atoms with van der Waals surface area (Å²) in [4.78, 5) is 48.5. The third-order valence-corrected chi connectivity index (χ3v) is 9.33. The van der Waals surface area contributed by atoms with E-state index in [0.29, 0.717) is 27.1 Å². The molecule has 1 fully saturated rings. The van der Waals surface area contributed by atoms with Gasteiger partial charge in [-0.15, -0.1) is 33.7 Å². The van der Waals surface area contributed by atoms with Crippen LogP contribution in [-0.2, 0) is 29.9 Å². The van der Waals surface area contributed by atoms with E-state index in [4.69, 9.17) is 9.62 Å². The topological polar surface area (TPSA) is 170 Å². The number of hydrogen-bond donors (Lipinski definition) is 4. The summed E-state index contributed by atoms with van der Waals surface area (Å²) >= 11 is 5.52. The van der Waals surface area contributed by atoms with Crippen molar-refractivity contribution < 1.29 is 24.3 Å². The van der Waals surface area contributed by atoms with Crippen molar-refractivity contribution in [1.29, 1.82) is 4.78 Å². The molecule has 4 rings (SSSR count). The standard InChI is InChI=1S/C17H19N7O5S5/c1-30-7-29-23-10(9-4-34(18)6-19-9)13(25)21-11-14(26)24-12(16(27)28)8(2-31-15(11)24)3-32-17-22-20-5-33-17/h5-6,11,15,18,23H,2-4,7H2,1H3,(H,21,25)(H,27,28)/t11?,15-,34?/m0/s1. The zero-order valence-corrected chi connectivity index (χ0v) is 21.6. The molecule has 0 aliphatic carbocycles. The molecule has 3 aliphatic heterocycles. The number of fused-ring (bicyclic) bond motifs is 1. The lowest BCUT2D eigenvalue weighted by molar-refractivity contribution is -0.150. The second-order valence-corrected chi connectivity index (χ2v) is 12.2. The Bertz CT molecular complexity index is 1110. The molecular weight excluding hydrogens is 543 g/mol. The summed E-state index contributed by atoms with van der Waals surface area (Å²) in [5.74, 6) is -0.951. The molecule has 0 radical (unpaired) electrons. The summed E-state index contributed by atoms with van der Waals surface area (Å²) in [6, 6.07) is -0.887. The van der Waals surface area contributed by atoms with Gasteiger partial charge in [-0.25, -0.2) is 4.79 Å². The quantitative estimate of drug-likeness (QED) is 0.0797. The predicted octanol–water partition coefficient (Wildman–Crippen LogP) is 0.845. The maximum atomic E-state index is 13.0. The van der Waals surface area contributed by atoms with Crippen molar-refractivity contribution in [3.63, 3.8) is 0 Å². The minimum Gasteiger partial charge on any atom is -0.477 e. The fourth-order valence-corrected chi connectivity index (χ4v) is 7.26. The molecule has 1 aromatic heterocycles. The van der Waals surface area contributed by atoms with E-state index in [1.807, 2.05) is 6.26 Å². The van der Waals surface area contributed by atoms with Gasteiger partial charge in [0, 0.05) is 11.5 Å². The molecule has 0 saturated carbocycles. The van der Waals surface area contributed by atoms with Crippen molar-refractivity contribution in [2.24, 2.45) is 4.99 Å². The van der Waals surface area contributed by atoms with Crippen LogP contribution >= 0.6 is 46.6 Å². The van der Waals surface area contributed by atoms with Gasteiger partial charge in [-0.05, 0) is 11.8 Å². The maximum absolute atomic E-state index is 13.0. The molecule has 1 aromatic rings. The molecule has 3 aliphatic rings. The van der Waals surface area contributed by atoms with Crippen LogP contribution in [-0.4, -0.2) is 84.4 Å². The van der Waals surface area contributed by atoms with Crippen LogP contribution in [0.4, 0.5) is 0 Å². The number of aliphatic imine (C=N–C) groups is 1. The molecule has 1 saturated heterocycles. The van der Waals surface area contributed by atoms with Gasteiger partial charge < -0.3 is 10.4 Å². The number of amides is 2. The van der Waals surface area contributed by atoms with Gasteiger partial charge in [-0.3, -0.25) is 34.6 Å². The van der Waals surface area contributed by atoms with Crippen LogP contribution in [0.15, 0.2) is 37.5 Å². The van der Waals surface area contributed by atoms with Gasteiger partial charge in [0.05, 0.1) is 17.0 Å². The van der Waals surface area contributed by atoms with Crippen LogP contribution in [0, 0.1) is 4.78 Å². The monoisotopic (exact) mass is 561 g/mol. The predicted molar refractivity (Wildman–Crippen MR) is 133 cm³/mol. The van der Waals surface area contributed by atoms with Gasteiger partial charge in [0.1, 0.15) is 34.3 Å². The lowest BCUT2D eigenvalue weighted by Crippen LogP contribution is -2.70. The summed E-state index contributed by atoms with van der Waals surface area (Å²) < 4.78 is 8.53. The third-order valence-electron chi connectivity index (χ3n) is 4.74. The Hall–Kier alpha value is -1.92. The van der Waals surface area contributed by atoms with Crippen molar-refractivity contribution in [2.75, 3.05) is 29.5 Å². The number of thioether (sulfide) groups is 3. The SMILES string of the molecule is CSCONC(C(=O)NC1C(=O)N2C(C(=O)O)=C(CSc3nncs3)CS[C@@H]12)=C1CS(=N)C=N1. The van der Waals surface area contributed by atoms with Gasteiger partial charge in [0.2, 0.25) is 0 Å². The van der Waals surface area contributed by atoms with E-state index in [9.17, 15) is 19.5 Å². The molecule has 2 amide bonds. The van der Waals surface area contributed by atoms with E-state index >= 15 is 0 Å². The minimum absolute atomic E-state index is 0.0442. The first-order valence-electron chi connectivity index (χ1n) is 9.55. The number of carboxylic acid groups (broad SMARTS) is 1. The smallest absolute Gasteiger partial charge is 0.352 e. The summed E-state index contributed by atoms with van der Waals surface area (Å²) in [5.41, 5.74) is 6.63. The number of hydrogen-bond acceptors (Lipinski definition) is 13. The zero-order chi connectivity index (χ0) is 24.2. The highest BCUT2D eigenvalue weighted by Crippen LogP contribution is 2.41. The molecule has 4 heterocycles. The van der Waals surface area contributed by atoms with Crippen molar-refractivity contribution in [1.82, 2.24) is 25.9 Å². The normalized spacial score (nSPS) is 25.1. The fourth-order valence-electron chi connectivity index (χ4n) is 3.27. The van der Waals surface area contributed by atoms with E-state index in [0.717, 1.165) is 0 Å². The Kier molecular flexibility index (Phi) is 8.30. The summed E-state index contributed by atoms with van der Waals surface area (Å²) in [7, 11) is -0.829. The highest BCUT2D eigenvalue weighted by Gasteiger charge is 2.54. The Balaban J connectivity index is 1.47. The van der Waals surface area contributed by atoms with E-state index in [2.05, 4.69) is 26.0 Å². The van der Waals surface area contributed by atoms with Gasteiger partial charge in [0.15, 0.2) is 4.34 Å². The van der Waals surface area contributed by atoms with Crippen LogP contribution < -0.4 is 10.8 Å². The fraction of sp³-hybridized carbons (Fsp3) is 0.412.